The first kappa shape index (κ1) is 18.9. The van der Waals surface area contributed by atoms with E-state index in [9.17, 15) is 9.59 Å². The van der Waals surface area contributed by atoms with Gasteiger partial charge in [-0.3, -0.25) is 4.79 Å². The molecule has 1 rings (SSSR count). The molecule has 1 aromatic rings. The van der Waals surface area contributed by atoms with E-state index in [2.05, 4.69) is 4.98 Å². The number of ether oxygens (including phenoxy) is 2. The van der Waals surface area contributed by atoms with Gasteiger partial charge in [0.05, 0.1) is 12.8 Å². The number of pyridine rings is 1. The minimum atomic E-state index is -1.05. The van der Waals surface area contributed by atoms with Crippen molar-refractivity contribution in [3.63, 3.8) is 0 Å². The molecule has 0 saturated heterocycles. The third-order valence-corrected chi connectivity index (χ3v) is 2.92. The van der Waals surface area contributed by atoms with Crippen molar-refractivity contribution in [3.8, 4) is 5.75 Å². The minimum absolute atomic E-state index is 0.000470. The maximum absolute atomic E-state index is 11.5. The molecule has 0 aromatic carbocycles. The van der Waals surface area contributed by atoms with Crippen molar-refractivity contribution in [2.75, 3.05) is 6.61 Å². The molecule has 1 N–H and O–H groups in total. The van der Waals surface area contributed by atoms with Gasteiger partial charge in [0.2, 0.25) is 0 Å². The average molecular weight is 323 g/mol. The Labute approximate surface area is 136 Å². The van der Waals surface area contributed by atoms with Crippen LogP contribution in [0.25, 0.3) is 0 Å². The number of carboxylic acid groups (broad SMARTS) is 1. The van der Waals surface area contributed by atoms with Crippen LogP contribution in [-0.4, -0.2) is 34.2 Å². The zero-order chi connectivity index (χ0) is 17.3. The summed E-state index contributed by atoms with van der Waals surface area (Å²) in [7, 11) is 0. The van der Waals surface area contributed by atoms with Crippen LogP contribution >= 0.6 is 0 Å². The molecule has 0 radical (unpaired) electrons. The van der Waals surface area contributed by atoms with Gasteiger partial charge in [-0.2, -0.15) is 0 Å². The Hall–Kier alpha value is -2.11. The third-order valence-electron chi connectivity index (χ3n) is 2.92. The van der Waals surface area contributed by atoms with Gasteiger partial charge in [-0.05, 0) is 45.7 Å². The van der Waals surface area contributed by atoms with Gasteiger partial charge in [0.25, 0.3) is 0 Å². The summed E-state index contributed by atoms with van der Waals surface area (Å²) in [6.45, 7) is 6.13. The number of esters is 1. The fourth-order valence-electron chi connectivity index (χ4n) is 1.90. The lowest BCUT2D eigenvalue weighted by Gasteiger charge is -2.19. The summed E-state index contributed by atoms with van der Waals surface area (Å²) in [6, 6.07) is 3.01. The molecule has 0 spiro atoms. The Morgan fingerprint density at radius 1 is 1.13 bits per heavy atom. The molecule has 0 aliphatic rings. The molecule has 1 heterocycles. The molecule has 0 fully saturated rings. The Bertz CT molecular complexity index is 505. The van der Waals surface area contributed by atoms with Crippen LogP contribution in [-0.2, 0) is 9.53 Å². The molecule has 0 bridgehead atoms. The zero-order valence-corrected chi connectivity index (χ0v) is 14.0. The molecule has 0 aliphatic carbocycles. The summed E-state index contributed by atoms with van der Waals surface area (Å²) in [5.74, 6) is -0.649. The topological polar surface area (TPSA) is 85.7 Å². The van der Waals surface area contributed by atoms with Gasteiger partial charge in [-0.15, -0.1) is 0 Å². The molecule has 0 amide bonds. The molecule has 23 heavy (non-hydrogen) atoms. The van der Waals surface area contributed by atoms with Gasteiger partial charge in [-0.25, -0.2) is 9.78 Å². The van der Waals surface area contributed by atoms with Gasteiger partial charge < -0.3 is 14.6 Å². The molecule has 0 unspecified atom stereocenters. The number of carbonyl (C=O) groups is 2. The van der Waals surface area contributed by atoms with E-state index in [1.165, 1.54) is 12.3 Å². The fourth-order valence-corrected chi connectivity index (χ4v) is 1.90. The van der Waals surface area contributed by atoms with Crippen molar-refractivity contribution in [1.29, 1.82) is 0 Å². The standard InChI is InChI=1S/C17H25NO5/c1-17(2,3)23-15(19)8-6-4-5-7-11-22-13-9-10-14(16(20)21)18-12-13/h9-10,12H,4-8,11H2,1-3H3,(H,20,21). The lowest BCUT2D eigenvalue weighted by molar-refractivity contribution is -0.154. The Morgan fingerprint density at radius 2 is 1.83 bits per heavy atom. The number of nitrogens with zero attached hydrogens (tertiary/aromatic N) is 1. The van der Waals surface area contributed by atoms with Gasteiger partial charge >= 0.3 is 11.9 Å². The van der Waals surface area contributed by atoms with E-state index in [0.29, 0.717) is 18.8 Å². The lowest BCUT2D eigenvalue weighted by Crippen LogP contribution is -2.23. The normalized spacial score (nSPS) is 11.1. The van der Waals surface area contributed by atoms with Crippen molar-refractivity contribution in [3.05, 3.63) is 24.0 Å². The monoisotopic (exact) mass is 323 g/mol. The number of carboxylic acids is 1. The van der Waals surface area contributed by atoms with Crippen LogP contribution in [0.15, 0.2) is 18.3 Å². The quantitative estimate of drug-likeness (QED) is 0.553. The first-order valence-corrected chi connectivity index (χ1v) is 7.82. The van der Waals surface area contributed by atoms with E-state index >= 15 is 0 Å². The molecule has 0 atom stereocenters. The second kappa shape index (κ2) is 9.12. The Balaban J connectivity index is 2.07. The van der Waals surface area contributed by atoms with Crippen molar-refractivity contribution >= 4 is 11.9 Å². The van der Waals surface area contributed by atoms with Crippen molar-refractivity contribution < 1.29 is 24.2 Å². The fraction of sp³-hybridized carbons (Fsp3) is 0.588. The summed E-state index contributed by atoms with van der Waals surface area (Å²) in [5, 5.41) is 8.74. The zero-order valence-electron chi connectivity index (χ0n) is 14.0. The molecule has 128 valence electrons. The Morgan fingerprint density at radius 3 is 2.39 bits per heavy atom. The van der Waals surface area contributed by atoms with Crippen LogP contribution in [0.5, 0.6) is 5.75 Å². The van der Waals surface area contributed by atoms with Crippen LogP contribution in [0.3, 0.4) is 0 Å². The number of hydrogen-bond donors (Lipinski definition) is 1. The Kier molecular flexibility index (Phi) is 7.51. The smallest absolute Gasteiger partial charge is 0.354 e. The molecular weight excluding hydrogens is 298 g/mol. The predicted octanol–water partition coefficient (Wildman–Crippen LogP) is 3.45. The highest BCUT2D eigenvalue weighted by Crippen LogP contribution is 2.12. The van der Waals surface area contributed by atoms with Crippen LogP contribution in [0.4, 0.5) is 0 Å². The molecular formula is C17H25NO5. The number of aromatic carboxylic acids is 1. The SMILES string of the molecule is CC(C)(C)OC(=O)CCCCCCOc1ccc(C(=O)O)nc1. The number of rotatable bonds is 9. The second-order valence-corrected chi connectivity index (χ2v) is 6.28. The van der Waals surface area contributed by atoms with Crippen LogP contribution in [0, 0.1) is 0 Å². The summed E-state index contributed by atoms with van der Waals surface area (Å²) < 4.78 is 10.7. The molecule has 1 aromatic heterocycles. The van der Waals surface area contributed by atoms with E-state index in [4.69, 9.17) is 14.6 Å². The number of hydrogen-bond acceptors (Lipinski definition) is 5. The maximum Gasteiger partial charge on any atom is 0.354 e. The summed E-state index contributed by atoms with van der Waals surface area (Å²) in [4.78, 5) is 26.0. The first-order chi connectivity index (χ1) is 10.8. The largest absolute Gasteiger partial charge is 0.492 e. The number of unbranched alkanes of at least 4 members (excludes halogenated alkanes) is 3. The molecule has 6 heteroatoms. The van der Waals surface area contributed by atoms with Crippen LogP contribution < -0.4 is 4.74 Å². The maximum atomic E-state index is 11.5. The van der Waals surface area contributed by atoms with Crippen molar-refractivity contribution in [2.45, 2.75) is 58.5 Å². The molecule has 6 nitrogen and oxygen atoms in total. The van der Waals surface area contributed by atoms with E-state index in [0.717, 1.165) is 25.7 Å². The highest BCUT2D eigenvalue weighted by Gasteiger charge is 2.15. The van der Waals surface area contributed by atoms with Gasteiger partial charge in [-0.1, -0.05) is 12.8 Å². The minimum Gasteiger partial charge on any atom is -0.492 e. The van der Waals surface area contributed by atoms with Crippen molar-refractivity contribution in [2.24, 2.45) is 0 Å². The van der Waals surface area contributed by atoms with E-state index in [-0.39, 0.29) is 11.7 Å². The molecule has 0 aliphatic heterocycles. The third kappa shape index (κ3) is 8.80. The molecule has 0 saturated carbocycles. The highest BCUT2D eigenvalue weighted by atomic mass is 16.6. The van der Waals surface area contributed by atoms with Crippen LogP contribution in [0.2, 0.25) is 0 Å². The van der Waals surface area contributed by atoms with Crippen molar-refractivity contribution in [1.82, 2.24) is 4.98 Å². The van der Waals surface area contributed by atoms with E-state index in [1.807, 2.05) is 20.8 Å². The summed E-state index contributed by atoms with van der Waals surface area (Å²) >= 11 is 0. The predicted molar refractivity (Wildman–Crippen MR) is 85.6 cm³/mol. The van der Waals surface area contributed by atoms with Gasteiger partial charge in [0.1, 0.15) is 17.0 Å². The number of aromatic nitrogens is 1. The average Bonchev–Trinajstić information content (AvgIpc) is 2.45. The highest BCUT2D eigenvalue weighted by molar-refractivity contribution is 5.85. The lowest BCUT2D eigenvalue weighted by atomic mass is 10.1. The van der Waals surface area contributed by atoms with E-state index < -0.39 is 11.6 Å². The summed E-state index contributed by atoms with van der Waals surface area (Å²) in [5.41, 5.74) is -0.422. The van der Waals surface area contributed by atoms with Crippen LogP contribution in [0.1, 0.15) is 63.4 Å². The number of carbonyl (C=O) groups excluding carboxylic acids is 1. The first-order valence-electron chi connectivity index (χ1n) is 7.82. The summed E-state index contributed by atoms with van der Waals surface area (Å²) in [6.07, 6.45) is 5.44. The second-order valence-electron chi connectivity index (χ2n) is 6.28. The van der Waals surface area contributed by atoms with Gasteiger partial charge in [0.15, 0.2) is 0 Å². The van der Waals surface area contributed by atoms with E-state index in [1.54, 1.807) is 6.07 Å². The van der Waals surface area contributed by atoms with Gasteiger partial charge in [0, 0.05) is 6.42 Å².